The van der Waals surface area contributed by atoms with Crippen LogP contribution in [0.5, 0.6) is 0 Å². The molecule has 0 aliphatic rings. The van der Waals surface area contributed by atoms with Crippen molar-refractivity contribution in [1.29, 1.82) is 0 Å². The van der Waals surface area contributed by atoms with E-state index in [0.29, 0.717) is 16.6 Å². The number of nitrogens with zero attached hydrogens (tertiary/aromatic N) is 1. The van der Waals surface area contributed by atoms with Crippen LogP contribution >= 0.6 is 34.8 Å². The number of hydrogen-bond acceptors (Lipinski definition) is 1. The highest BCUT2D eigenvalue weighted by Gasteiger charge is 2.08. The summed E-state index contributed by atoms with van der Waals surface area (Å²) < 4.78 is 0. The van der Waals surface area contributed by atoms with Gasteiger partial charge in [0.05, 0.1) is 0 Å². The molecule has 0 bridgehead atoms. The van der Waals surface area contributed by atoms with Crippen molar-refractivity contribution in [2.75, 3.05) is 12.9 Å². The molecule has 15 heavy (non-hydrogen) atoms. The van der Waals surface area contributed by atoms with Gasteiger partial charge in [0, 0.05) is 23.6 Å². The highest BCUT2D eigenvalue weighted by atomic mass is 35.5. The third-order valence-corrected chi connectivity index (χ3v) is 2.55. The Bertz CT molecular complexity index is 347. The van der Waals surface area contributed by atoms with Gasteiger partial charge in [-0.3, -0.25) is 4.79 Å². The van der Waals surface area contributed by atoms with Crippen LogP contribution in [0, 0.1) is 0 Å². The van der Waals surface area contributed by atoms with Gasteiger partial charge in [-0.2, -0.15) is 0 Å². The molecule has 0 spiro atoms. The van der Waals surface area contributed by atoms with Crippen LogP contribution in [0.25, 0.3) is 0 Å². The molecule has 0 radical (unpaired) electrons. The Morgan fingerprint density at radius 3 is 2.27 bits per heavy atom. The topological polar surface area (TPSA) is 20.3 Å². The first kappa shape index (κ1) is 12.6. The molecular formula is C10H10Cl3NO. The molecule has 0 aliphatic heterocycles. The summed E-state index contributed by atoms with van der Waals surface area (Å²) >= 11 is 17.1. The first-order valence-corrected chi connectivity index (χ1v) is 5.57. The van der Waals surface area contributed by atoms with E-state index in [2.05, 4.69) is 0 Å². The Morgan fingerprint density at radius 1 is 1.27 bits per heavy atom. The number of rotatable bonds is 3. The standard InChI is InChI=1S/C10H10Cl3NO/c1-14(10(15)5-11)6-7-2-8(12)4-9(13)3-7/h2-4H,5-6H2,1H3. The van der Waals surface area contributed by atoms with E-state index in [0.717, 1.165) is 5.56 Å². The molecule has 0 heterocycles. The lowest BCUT2D eigenvalue weighted by molar-refractivity contribution is -0.127. The smallest absolute Gasteiger partial charge is 0.237 e. The van der Waals surface area contributed by atoms with Crippen LogP contribution in [0.4, 0.5) is 0 Å². The zero-order valence-corrected chi connectivity index (χ0v) is 10.4. The molecule has 2 nitrogen and oxygen atoms in total. The van der Waals surface area contributed by atoms with Crippen molar-refractivity contribution in [2.24, 2.45) is 0 Å². The van der Waals surface area contributed by atoms with Crippen molar-refractivity contribution in [3.8, 4) is 0 Å². The number of amides is 1. The summed E-state index contributed by atoms with van der Waals surface area (Å²) in [5.41, 5.74) is 0.883. The van der Waals surface area contributed by atoms with Gasteiger partial charge in [-0.05, 0) is 23.8 Å². The molecule has 1 aromatic rings. The van der Waals surface area contributed by atoms with Crippen LogP contribution in [-0.4, -0.2) is 23.7 Å². The van der Waals surface area contributed by atoms with Crippen molar-refractivity contribution in [3.63, 3.8) is 0 Å². The maximum atomic E-state index is 11.2. The van der Waals surface area contributed by atoms with E-state index in [1.165, 1.54) is 4.90 Å². The third kappa shape index (κ3) is 3.90. The first-order valence-electron chi connectivity index (χ1n) is 4.28. The zero-order chi connectivity index (χ0) is 11.4. The predicted molar refractivity (Wildman–Crippen MR) is 63.7 cm³/mol. The normalized spacial score (nSPS) is 10.1. The van der Waals surface area contributed by atoms with Crippen LogP contribution in [0.15, 0.2) is 18.2 Å². The minimum Gasteiger partial charge on any atom is -0.340 e. The van der Waals surface area contributed by atoms with Crippen LogP contribution < -0.4 is 0 Å². The fourth-order valence-electron chi connectivity index (χ4n) is 1.17. The Hall–Kier alpha value is -0.440. The number of hydrogen-bond donors (Lipinski definition) is 0. The summed E-state index contributed by atoms with van der Waals surface area (Å²) in [6.07, 6.45) is 0. The quantitative estimate of drug-likeness (QED) is 0.770. The molecule has 1 aromatic carbocycles. The Balaban J connectivity index is 2.76. The van der Waals surface area contributed by atoms with E-state index >= 15 is 0 Å². The van der Waals surface area contributed by atoms with Crippen molar-refractivity contribution in [1.82, 2.24) is 4.90 Å². The monoisotopic (exact) mass is 265 g/mol. The van der Waals surface area contributed by atoms with Crippen molar-refractivity contribution >= 4 is 40.7 Å². The predicted octanol–water partition coefficient (Wildman–Crippen LogP) is 3.19. The van der Waals surface area contributed by atoms with E-state index in [-0.39, 0.29) is 11.8 Å². The van der Waals surface area contributed by atoms with E-state index in [9.17, 15) is 4.79 Å². The van der Waals surface area contributed by atoms with Gasteiger partial charge >= 0.3 is 0 Å². The minimum atomic E-state index is -0.132. The average Bonchev–Trinajstić information content (AvgIpc) is 2.14. The second-order valence-corrected chi connectivity index (χ2v) is 4.30. The Kier molecular flexibility index (Phi) is 4.71. The number of alkyl halides is 1. The van der Waals surface area contributed by atoms with Crippen LogP contribution in [0.3, 0.4) is 0 Å². The summed E-state index contributed by atoms with van der Waals surface area (Å²) in [7, 11) is 1.68. The molecule has 82 valence electrons. The molecule has 0 saturated heterocycles. The van der Waals surface area contributed by atoms with E-state index in [1.54, 1.807) is 25.2 Å². The number of carbonyl (C=O) groups excluding carboxylic acids is 1. The van der Waals surface area contributed by atoms with Crippen LogP contribution in [0.1, 0.15) is 5.56 Å². The van der Waals surface area contributed by atoms with Gasteiger partial charge < -0.3 is 4.90 Å². The molecule has 5 heteroatoms. The largest absolute Gasteiger partial charge is 0.340 e. The molecule has 0 aromatic heterocycles. The molecule has 0 unspecified atom stereocenters. The number of carbonyl (C=O) groups is 1. The molecule has 0 atom stereocenters. The van der Waals surface area contributed by atoms with E-state index in [1.807, 2.05) is 0 Å². The second kappa shape index (κ2) is 5.59. The van der Waals surface area contributed by atoms with E-state index < -0.39 is 0 Å². The molecule has 0 fully saturated rings. The van der Waals surface area contributed by atoms with Gasteiger partial charge in [0.25, 0.3) is 0 Å². The summed E-state index contributed by atoms with van der Waals surface area (Å²) in [5.74, 6) is -0.155. The molecule has 0 N–H and O–H groups in total. The highest BCUT2D eigenvalue weighted by Crippen LogP contribution is 2.19. The van der Waals surface area contributed by atoms with Gasteiger partial charge in [-0.15, -0.1) is 11.6 Å². The SMILES string of the molecule is CN(Cc1cc(Cl)cc(Cl)c1)C(=O)CCl. The maximum absolute atomic E-state index is 11.2. The van der Waals surface area contributed by atoms with Crippen molar-refractivity contribution in [3.05, 3.63) is 33.8 Å². The lowest BCUT2D eigenvalue weighted by atomic mass is 10.2. The molecule has 0 saturated carbocycles. The summed E-state index contributed by atoms with van der Waals surface area (Å²) in [6.45, 7) is 0.450. The zero-order valence-electron chi connectivity index (χ0n) is 8.14. The Labute approximate surface area is 104 Å². The second-order valence-electron chi connectivity index (χ2n) is 3.16. The molecule has 0 aliphatic carbocycles. The van der Waals surface area contributed by atoms with Crippen LogP contribution in [-0.2, 0) is 11.3 Å². The van der Waals surface area contributed by atoms with Crippen LogP contribution in [0.2, 0.25) is 10.0 Å². The molecule has 1 rings (SSSR count). The summed E-state index contributed by atoms with van der Waals surface area (Å²) in [5, 5.41) is 1.12. The third-order valence-electron chi connectivity index (χ3n) is 1.88. The summed E-state index contributed by atoms with van der Waals surface area (Å²) in [4.78, 5) is 12.7. The van der Waals surface area contributed by atoms with Gasteiger partial charge in [-0.1, -0.05) is 23.2 Å². The fraction of sp³-hybridized carbons (Fsp3) is 0.300. The van der Waals surface area contributed by atoms with Gasteiger partial charge in [0.1, 0.15) is 5.88 Å². The van der Waals surface area contributed by atoms with Crippen molar-refractivity contribution in [2.45, 2.75) is 6.54 Å². The molecular weight excluding hydrogens is 256 g/mol. The minimum absolute atomic E-state index is 0.0230. The van der Waals surface area contributed by atoms with Gasteiger partial charge in [-0.25, -0.2) is 0 Å². The molecule has 1 amide bonds. The lowest BCUT2D eigenvalue weighted by Crippen LogP contribution is -2.27. The van der Waals surface area contributed by atoms with Crippen molar-refractivity contribution < 1.29 is 4.79 Å². The average molecular weight is 267 g/mol. The Morgan fingerprint density at radius 2 is 1.80 bits per heavy atom. The lowest BCUT2D eigenvalue weighted by Gasteiger charge is -2.16. The maximum Gasteiger partial charge on any atom is 0.237 e. The first-order chi connectivity index (χ1) is 7.02. The highest BCUT2D eigenvalue weighted by molar-refractivity contribution is 6.34. The summed E-state index contributed by atoms with van der Waals surface area (Å²) in [6, 6.07) is 5.19. The number of benzene rings is 1. The van der Waals surface area contributed by atoms with E-state index in [4.69, 9.17) is 34.8 Å². The van der Waals surface area contributed by atoms with Gasteiger partial charge in [0.15, 0.2) is 0 Å². The number of halogens is 3. The van der Waals surface area contributed by atoms with Gasteiger partial charge in [0.2, 0.25) is 5.91 Å². The fourth-order valence-corrected chi connectivity index (χ4v) is 1.94.